The second kappa shape index (κ2) is 8.54. The van der Waals surface area contributed by atoms with Crippen molar-refractivity contribution in [3.8, 4) is 0 Å². The molecule has 1 aromatic heterocycles. The van der Waals surface area contributed by atoms with E-state index in [1.165, 1.54) is 35.6 Å². The molecular formula is C15H26N2S. The fourth-order valence-corrected chi connectivity index (χ4v) is 3.09. The van der Waals surface area contributed by atoms with Crippen molar-refractivity contribution in [2.45, 2.75) is 58.0 Å². The molecule has 1 unspecified atom stereocenters. The summed E-state index contributed by atoms with van der Waals surface area (Å²) in [5, 5.41) is 4.62. The number of nitrogens with zero attached hydrogens (tertiary/aromatic N) is 1. The number of hydrogen-bond donors (Lipinski definition) is 1. The van der Waals surface area contributed by atoms with Gasteiger partial charge in [0.25, 0.3) is 0 Å². The van der Waals surface area contributed by atoms with Gasteiger partial charge in [0.05, 0.1) is 5.03 Å². The van der Waals surface area contributed by atoms with Gasteiger partial charge in [-0.25, -0.2) is 4.98 Å². The first kappa shape index (κ1) is 15.5. The molecule has 0 aliphatic rings. The lowest BCUT2D eigenvalue weighted by molar-refractivity contribution is 0.510. The van der Waals surface area contributed by atoms with Gasteiger partial charge in [-0.05, 0) is 63.6 Å². The Morgan fingerprint density at radius 1 is 1.28 bits per heavy atom. The summed E-state index contributed by atoms with van der Waals surface area (Å²) < 4.78 is 0. The number of hydrogen-bond acceptors (Lipinski definition) is 3. The molecule has 0 fully saturated rings. The lowest BCUT2D eigenvalue weighted by Crippen LogP contribution is -2.25. The molecule has 0 aliphatic heterocycles. The van der Waals surface area contributed by atoms with Crippen LogP contribution in [0.1, 0.15) is 44.4 Å². The number of aromatic nitrogens is 1. The molecule has 0 aliphatic carbocycles. The van der Waals surface area contributed by atoms with Crippen LogP contribution in [0.25, 0.3) is 0 Å². The number of nitrogens with one attached hydrogen (secondary N) is 1. The second-order valence-corrected chi connectivity index (χ2v) is 6.04. The zero-order valence-corrected chi connectivity index (χ0v) is 12.9. The lowest BCUT2D eigenvalue weighted by Gasteiger charge is -2.11. The summed E-state index contributed by atoms with van der Waals surface area (Å²) in [6.45, 7) is 9.70. The van der Waals surface area contributed by atoms with Gasteiger partial charge in [-0.2, -0.15) is 0 Å². The number of rotatable bonds is 8. The molecule has 0 aromatic carbocycles. The fourth-order valence-electron chi connectivity index (χ4n) is 2.06. The third-order valence-electron chi connectivity index (χ3n) is 2.91. The quantitative estimate of drug-likeness (QED) is 0.569. The van der Waals surface area contributed by atoms with E-state index in [1.807, 2.05) is 11.8 Å². The summed E-state index contributed by atoms with van der Waals surface area (Å²) in [5.74, 6) is 1.18. The molecule has 1 rings (SSSR count). The van der Waals surface area contributed by atoms with Crippen molar-refractivity contribution >= 4 is 11.8 Å². The smallest absolute Gasteiger partial charge is 0.0965 e. The number of unbranched alkanes of at least 4 members (excludes halogenated alkanes) is 1. The first-order chi connectivity index (χ1) is 8.61. The molecule has 1 N–H and O–H groups in total. The summed E-state index contributed by atoms with van der Waals surface area (Å²) in [7, 11) is 0. The summed E-state index contributed by atoms with van der Waals surface area (Å²) in [4.78, 5) is 4.55. The molecule has 1 aromatic rings. The van der Waals surface area contributed by atoms with E-state index in [2.05, 4.69) is 50.1 Å². The molecular weight excluding hydrogens is 240 g/mol. The van der Waals surface area contributed by atoms with Crippen LogP contribution in [0.3, 0.4) is 0 Å². The normalized spacial score (nSPS) is 12.7. The van der Waals surface area contributed by atoms with E-state index >= 15 is 0 Å². The van der Waals surface area contributed by atoms with Gasteiger partial charge in [-0.1, -0.05) is 13.3 Å². The minimum Gasteiger partial charge on any atom is -0.315 e. The predicted molar refractivity (Wildman–Crippen MR) is 81.4 cm³/mol. The van der Waals surface area contributed by atoms with Crippen LogP contribution in [0, 0.1) is 13.8 Å². The summed E-state index contributed by atoms with van der Waals surface area (Å²) in [5.41, 5.74) is 2.43. The van der Waals surface area contributed by atoms with E-state index in [-0.39, 0.29) is 0 Å². The van der Waals surface area contributed by atoms with Crippen molar-refractivity contribution in [3.63, 3.8) is 0 Å². The SMILES string of the molecule is CCNC(C)CCCCSc1cc(C)cc(C)n1. The van der Waals surface area contributed by atoms with Gasteiger partial charge in [0.1, 0.15) is 0 Å². The van der Waals surface area contributed by atoms with Gasteiger partial charge in [0.2, 0.25) is 0 Å². The molecule has 0 bridgehead atoms. The molecule has 1 atom stereocenters. The van der Waals surface area contributed by atoms with Crippen LogP contribution >= 0.6 is 11.8 Å². The average Bonchev–Trinajstić information content (AvgIpc) is 2.27. The van der Waals surface area contributed by atoms with Crippen molar-refractivity contribution in [3.05, 3.63) is 23.4 Å². The van der Waals surface area contributed by atoms with E-state index < -0.39 is 0 Å². The van der Waals surface area contributed by atoms with E-state index in [9.17, 15) is 0 Å². The molecule has 2 nitrogen and oxygen atoms in total. The first-order valence-corrected chi connectivity index (χ1v) is 7.92. The summed E-state index contributed by atoms with van der Waals surface area (Å²) in [6, 6.07) is 4.96. The van der Waals surface area contributed by atoms with Crippen molar-refractivity contribution in [2.75, 3.05) is 12.3 Å². The van der Waals surface area contributed by atoms with Gasteiger partial charge in [-0.15, -0.1) is 11.8 Å². The molecule has 3 heteroatoms. The fraction of sp³-hybridized carbons (Fsp3) is 0.667. The highest BCUT2D eigenvalue weighted by Crippen LogP contribution is 2.19. The molecule has 1 heterocycles. The monoisotopic (exact) mass is 266 g/mol. The molecule has 0 amide bonds. The van der Waals surface area contributed by atoms with E-state index in [0.717, 1.165) is 12.2 Å². The Hall–Kier alpha value is -0.540. The van der Waals surface area contributed by atoms with Gasteiger partial charge in [0, 0.05) is 11.7 Å². The van der Waals surface area contributed by atoms with Crippen LogP contribution in [-0.2, 0) is 0 Å². The molecule has 0 saturated heterocycles. The molecule has 0 saturated carbocycles. The Balaban J connectivity index is 2.17. The van der Waals surface area contributed by atoms with Crippen molar-refractivity contribution < 1.29 is 0 Å². The maximum Gasteiger partial charge on any atom is 0.0965 e. The highest BCUT2D eigenvalue weighted by atomic mass is 32.2. The standard InChI is InChI=1S/C15H26N2S/c1-5-16-13(3)8-6-7-9-18-15-11-12(2)10-14(4)17-15/h10-11,13,16H,5-9H2,1-4H3. The Morgan fingerprint density at radius 2 is 2.06 bits per heavy atom. The third-order valence-corrected chi connectivity index (χ3v) is 3.91. The Bertz CT molecular complexity index is 332. The lowest BCUT2D eigenvalue weighted by atomic mass is 10.1. The predicted octanol–water partition coefficient (Wildman–Crippen LogP) is 3.96. The highest BCUT2D eigenvalue weighted by molar-refractivity contribution is 7.99. The third kappa shape index (κ3) is 6.41. The molecule has 0 spiro atoms. The van der Waals surface area contributed by atoms with Gasteiger partial charge in [0.15, 0.2) is 0 Å². The zero-order valence-electron chi connectivity index (χ0n) is 12.1. The maximum atomic E-state index is 4.55. The summed E-state index contributed by atoms with van der Waals surface area (Å²) >= 11 is 1.88. The number of thioether (sulfide) groups is 1. The number of aryl methyl sites for hydroxylation is 2. The van der Waals surface area contributed by atoms with E-state index in [1.54, 1.807) is 0 Å². The van der Waals surface area contributed by atoms with Crippen molar-refractivity contribution in [2.24, 2.45) is 0 Å². The maximum absolute atomic E-state index is 4.55. The minimum absolute atomic E-state index is 0.652. The largest absolute Gasteiger partial charge is 0.315 e. The Kier molecular flexibility index (Phi) is 7.36. The van der Waals surface area contributed by atoms with Gasteiger partial charge in [-0.3, -0.25) is 0 Å². The minimum atomic E-state index is 0.652. The van der Waals surface area contributed by atoms with Crippen LogP contribution in [-0.4, -0.2) is 23.3 Å². The molecule has 18 heavy (non-hydrogen) atoms. The Morgan fingerprint density at radius 3 is 2.72 bits per heavy atom. The van der Waals surface area contributed by atoms with Crippen LogP contribution in [0.5, 0.6) is 0 Å². The molecule has 0 radical (unpaired) electrons. The van der Waals surface area contributed by atoms with Crippen LogP contribution in [0.2, 0.25) is 0 Å². The van der Waals surface area contributed by atoms with Crippen LogP contribution in [0.15, 0.2) is 17.2 Å². The van der Waals surface area contributed by atoms with Crippen molar-refractivity contribution in [1.29, 1.82) is 0 Å². The zero-order chi connectivity index (χ0) is 13.4. The summed E-state index contributed by atoms with van der Waals surface area (Å²) in [6.07, 6.45) is 3.84. The van der Waals surface area contributed by atoms with Crippen LogP contribution < -0.4 is 5.32 Å². The molecule has 102 valence electrons. The first-order valence-electron chi connectivity index (χ1n) is 6.93. The topological polar surface area (TPSA) is 24.9 Å². The van der Waals surface area contributed by atoms with E-state index in [0.29, 0.717) is 6.04 Å². The average molecular weight is 266 g/mol. The van der Waals surface area contributed by atoms with Gasteiger partial charge < -0.3 is 5.32 Å². The highest BCUT2D eigenvalue weighted by Gasteiger charge is 2.01. The van der Waals surface area contributed by atoms with Gasteiger partial charge >= 0.3 is 0 Å². The Labute approximate surface area is 116 Å². The van der Waals surface area contributed by atoms with E-state index in [4.69, 9.17) is 0 Å². The van der Waals surface area contributed by atoms with Crippen molar-refractivity contribution in [1.82, 2.24) is 10.3 Å². The van der Waals surface area contributed by atoms with Crippen LogP contribution in [0.4, 0.5) is 0 Å². The second-order valence-electron chi connectivity index (χ2n) is 4.93. The number of pyridine rings is 1.